The molecule has 0 spiro atoms. The maximum Gasteiger partial charge on any atom is 0.240 e. The number of halogens is 1. The van der Waals surface area contributed by atoms with Gasteiger partial charge in [-0.2, -0.15) is 0 Å². The van der Waals surface area contributed by atoms with Gasteiger partial charge in [-0.05, 0) is 36.5 Å². The number of aromatic nitrogens is 1. The molecule has 0 saturated heterocycles. The van der Waals surface area contributed by atoms with Crippen molar-refractivity contribution < 1.29 is 18.0 Å². The molecule has 6 nitrogen and oxygen atoms in total. The molecule has 0 unspecified atom stereocenters. The van der Waals surface area contributed by atoms with Crippen molar-refractivity contribution in [3.8, 4) is 0 Å². The van der Waals surface area contributed by atoms with Gasteiger partial charge >= 0.3 is 0 Å². The number of aliphatic hydroxyl groups is 1. The first-order chi connectivity index (χ1) is 10.2. The van der Waals surface area contributed by atoms with Crippen molar-refractivity contribution in [2.45, 2.75) is 31.6 Å². The van der Waals surface area contributed by atoms with Crippen molar-refractivity contribution in [1.82, 2.24) is 9.88 Å². The van der Waals surface area contributed by atoms with Crippen LogP contribution in [0.4, 0.5) is 0 Å². The average Bonchev–Trinajstić information content (AvgIpc) is 2.85. The summed E-state index contributed by atoms with van der Waals surface area (Å²) in [6.45, 7) is 4.28. The normalized spacial score (nSPS) is 12.9. The van der Waals surface area contributed by atoms with Crippen LogP contribution < -0.4 is 4.72 Å². The molecule has 22 heavy (non-hydrogen) atoms. The Bertz CT molecular complexity index is 755. The van der Waals surface area contributed by atoms with E-state index in [9.17, 15) is 8.42 Å². The number of rotatable bonds is 7. The van der Waals surface area contributed by atoms with E-state index in [2.05, 4.69) is 9.88 Å². The molecule has 2 rings (SSSR count). The van der Waals surface area contributed by atoms with Crippen molar-refractivity contribution in [2.24, 2.45) is 5.41 Å². The summed E-state index contributed by atoms with van der Waals surface area (Å²) in [5, 5.41) is 13.1. The summed E-state index contributed by atoms with van der Waals surface area (Å²) >= 11 is 5.86. The molecule has 0 aliphatic rings. The summed E-state index contributed by atoms with van der Waals surface area (Å²) in [5.74, 6) is 0. The largest absolute Gasteiger partial charge is 0.396 e. The monoisotopic (exact) mass is 346 g/mol. The van der Waals surface area contributed by atoms with Crippen molar-refractivity contribution in [3.63, 3.8) is 0 Å². The van der Waals surface area contributed by atoms with E-state index in [4.69, 9.17) is 21.2 Å². The molecule has 0 fully saturated rings. The Labute approximate surface area is 134 Å². The highest BCUT2D eigenvalue weighted by molar-refractivity contribution is 7.89. The molecule has 0 atom stereocenters. The number of aliphatic hydroxyl groups excluding tert-OH is 1. The topological polar surface area (TPSA) is 92.4 Å². The minimum Gasteiger partial charge on any atom is -0.396 e. The van der Waals surface area contributed by atoms with Crippen molar-refractivity contribution in [1.29, 1.82) is 0 Å². The minimum atomic E-state index is -3.65. The van der Waals surface area contributed by atoms with E-state index in [0.29, 0.717) is 17.4 Å². The van der Waals surface area contributed by atoms with Crippen LogP contribution in [0.3, 0.4) is 0 Å². The quantitative estimate of drug-likeness (QED) is 0.803. The summed E-state index contributed by atoms with van der Waals surface area (Å²) in [6.07, 6.45) is 1.36. The standard InChI is InChI=1S/C14H19ClN2O4S/c1-14(2,6-3-7-18)9-16-22(19,20)10-4-5-12-11(8-10)13(15)17-21-12/h4-5,8,16,18H,3,6-7,9H2,1-2H3. The molecule has 0 saturated carbocycles. The van der Waals surface area contributed by atoms with Crippen LogP contribution in [0, 0.1) is 5.41 Å². The highest BCUT2D eigenvalue weighted by Crippen LogP contribution is 2.26. The van der Waals surface area contributed by atoms with Gasteiger partial charge in [0.2, 0.25) is 10.0 Å². The van der Waals surface area contributed by atoms with Crippen molar-refractivity contribution in [3.05, 3.63) is 23.4 Å². The van der Waals surface area contributed by atoms with E-state index in [1.165, 1.54) is 18.2 Å². The Morgan fingerprint density at radius 2 is 2.14 bits per heavy atom. The smallest absolute Gasteiger partial charge is 0.240 e. The van der Waals surface area contributed by atoms with Gasteiger partial charge in [-0.3, -0.25) is 0 Å². The van der Waals surface area contributed by atoms with Gasteiger partial charge in [0.1, 0.15) is 0 Å². The molecule has 0 aliphatic heterocycles. The Morgan fingerprint density at radius 3 is 2.82 bits per heavy atom. The molecule has 1 aromatic carbocycles. The van der Waals surface area contributed by atoms with E-state index in [-0.39, 0.29) is 28.6 Å². The van der Waals surface area contributed by atoms with Crippen molar-refractivity contribution >= 4 is 32.6 Å². The van der Waals surface area contributed by atoms with E-state index in [0.717, 1.165) is 6.42 Å². The second-order valence-corrected chi connectivity index (χ2v) is 8.07. The fourth-order valence-electron chi connectivity index (χ4n) is 2.08. The zero-order valence-electron chi connectivity index (χ0n) is 12.5. The Hall–Kier alpha value is -1.15. The van der Waals surface area contributed by atoms with Gasteiger partial charge in [-0.1, -0.05) is 30.6 Å². The van der Waals surface area contributed by atoms with E-state index in [1.54, 1.807) is 0 Å². The van der Waals surface area contributed by atoms with Crippen LogP contribution in [0.5, 0.6) is 0 Å². The van der Waals surface area contributed by atoms with E-state index >= 15 is 0 Å². The van der Waals surface area contributed by atoms with Gasteiger partial charge in [0.05, 0.1) is 10.3 Å². The zero-order valence-corrected chi connectivity index (χ0v) is 14.0. The maximum absolute atomic E-state index is 12.4. The lowest BCUT2D eigenvalue weighted by Gasteiger charge is -2.24. The number of fused-ring (bicyclic) bond motifs is 1. The molecule has 8 heteroatoms. The van der Waals surface area contributed by atoms with Gasteiger partial charge < -0.3 is 9.63 Å². The van der Waals surface area contributed by atoms with Gasteiger partial charge in [0.15, 0.2) is 10.7 Å². The number of hydrogen-bond acceptors (Lipinski definition) is 5. The van der Waals surface area contributed by atoms with Gasteiger partial charge in [0.25, 0.3) is 0 Å². The Morgan fingerprint density at radius 1 is 1.41 bits per heavy atom. The van der Waals surface area contributed by atoms with Crippen LogP contribution >= 0.6 is 11.6 Å². The first-order valence-electron chi connectivity index (χ1n) is 6.91. The van der Waals surface area contributed by atoms with Crippen LogP contribution in [-0.4, -0.2) is 31.8 Å². The maximum atomic E-state index is 12.4. The second-order valence-electron chi connectivity index (χ2n) is 5.95. The number of nitrogens with zero attached hydrogens (tertiary/aromatic N) is 1. The molecular formula is C14H19ClN2O4S. The first kappa shape index (κ1) is 17.2. The molecule has 0 amide bonds. The molecule has 2 N–H and O–H groups in total. The number of nitrogens with one attached hydrogen (secondary N) is 1. The highest BCUT2D eigenvalue weighted by atomic mass is 35.5. The summed E-state index contributed by atoms with van der Waals surface area (Å²) in [5.41, 5.74) is 0.196. The third-order valence-corrected chi connectivity index (χ3v) is 5.13. The predicted molar refractivity (Wildman–Crippen MR) is 84.3 cm³/mol. The summed E-state index contributed by atoms with van der Waals surface area (Å²) < 4.78 is 32.3. The Balaban J connectivity index is 2.16. The SMILES string of the molecule is CC(C)(CCCO)CNS(=O)(=O)c1ccc2onc(Cl)c2c1. The van der Waals surface area contributed by atoms with E-state index < -0.39 is 10.0 Å². The predicted octanol–water partition coefficient (Wildman–Crippen LogP) is 2.56. The molecule has 0 aliphatic carbocycles. The lowest BCUT2D eigenvalue weighted by molar-refractivity contribution is 0.242. The summed E-state index contributed by atoms with van der Waals surface area (Å²) in [4.78, 5) is 0.114. The summed E-state index contributed by atoms with van der Waals surface area (Å²) in [7, 11) is -3.65. The number of sulfonamides is 1. The zero-order chi connectivity index (χ0) is 16.4. The molecule has 1 heterocycles. The third-order valence-electron chi connectivity index (χ3n) is 3.46. The fraction of sp³-hybridized carbons (Fsp3) is 0.500. The third kappa shape index (κ3) is 3.98. The lowest BCUT2D eigenvalue weighted by atomic mass is 9.88. The van der Waals surface area contributed by atoms with Crippen LogP contribution in [0.15, 0.2) is 27.6 Å². The molecule has 1 aromatic heterocycles. The van der Waals surface area contributed by atoms with Gasteiger partial charge in [-0.15, -0.1) is 0 Å². The first-order valence-corrected chi connectivity index (χ1v) is 8.77. The number of benzene rings is 1. The molecule has 2 aromatic rings. The molecule has 0 radical (unpaired) electrons. The average molecular weight is 347 g/mol. The van der Waals surface area contributed by atoms with Crippen LogP contribution in [0.25, 0.3) is 11.0 Å². The van der Waals surface area contributed by atoms with Gasteiger partial charge in [0, 0.05) is 13.2 Å². The lowest BCUT2D eigenvalue weighted by Crippen LogP contribution is -2.34. The summed E-state index contributed by atoms with van der Waals surface area (Å²) in [6, 6.07) is 4.42. The van der Waals surface area contributed by atoms with E-state index in [1.807, 2.05) is 13.8 Å². The molecular weight excluding hydrogens is 328 g/mol. The van der Waals surface area contributed by atoms with Crippen LogP contribution in [-0.2, 0) is 10.0 Å². The minimum absolute atomic E-state index is 0.0961. The van der Waals surface area contributed by atoms with Gasteiger partial charge in [-0.25, -0.2) is 13.1 Å². The second kappa shape index (κ2) is 6.54. The Kier molecular flexibility index (Phi) is 5.11. The van der Waals surface area contributed by atoms with Crippen molar-refractivity contribution in [2.75, 3.05) is 13.2 Å². The fourth-order valence-corrected chi connectivity index (χ4v) is 3.53. The number of hydrogen-bond donors (Lipinski definition) is 2. The van der Waals surface area contributed by atoms with Crippen LogP contribution in [0.2, 0.25) is 5.15 Å². The highest BCUT2D eigenvalue weighted by Gasteiger charge is 2.23. The van der Waals surface area contributed by atoms with Crippen LogP contribution in [0.1, 0.15) is 26.7 Å². The molecule has 122 valence electrons. The molecule has 0 bridgehead atoms.